The summed E-state index contributed by atoms with van der Waals surface area (Å²) < 4.78 is 1.90. The summed E-state index contributed by atoms with van der Waals surface area (Å²) >= 11 is 3.91. The number of nitrogens with zero attached hydrogens (tertiary/aromatic N) is 2. The van der Waals surface area contributed by atoms with Gasteiger partial charge < -0.3 is 5.11 Å². The second kappa shape index (κ2) is 6.16. The van der Waals surface area contributed by atoms with Crippen LogP contribution in [-0.2, 0) is 6.54 Å². The maximum Gasteiger partial charge on any atom is 0.108 e. The van der Waals surface area contributed by atoms with Gasteiger partial charge in [0.25, 0.3) is 0 Å². The van der Waals surface area contributed by atoms with E-state index >= 15 is 0 Å². The van der Waals surface area contributed by atoms with Crippen LogP contribution in [0.5, 0.6) is 0 Å². The second-order valence-electron chi connectivity index (χ2n) is 4.17. The van der Waals surface area contributed by atoms with E-state index in [0.29, 0.717) is 10.5 Å². The molecule has 1 saturated heterocycles. The summed E-state index contributed by atoms with van der Waals surface area (Å²) in [6, 6.07) is 1.95. The van der Waals surface area contributed by atoms with Crippen LogP contribution in [0.15, 0.2) is 12.3 Å². The molecule has 0 bridgehead atoms. The molecule has 1 aromatic heterocycles. The van der Waals surface area contributed by atoms with Crippen molar-refractivity contribution < 1.29 is 5.11 Å². The summed E-state index contributed by atoms with van der Waals surface area (Å²) in [5.41, 5.74) is 0.964. The Kier molecular flexibility index (Phi) is 4.82. The van der Waals surface area contributed by atoms with Crippen LogP contribution in [0, 0.1) is 0 Å². The summed E-state index contributed by atoms with van der Waals surface area (Å²) in [5, 5.41) is 15.7. The fourth-order valence-corrected chi connectivity index (χ4v) is 5.38. The minimum Gasteiger partial charge on any atom is -0.386 e. The molecule has 1 aliphatic rings. The number of aliphatic hydroxyl groups excluding tert-OH is 1. The second-order valence-corrected chi connectivity index (χ2v) is 6.80. The summed E-state index contributed by atoms with van der Waals surface area (Å²) in [6.07, 6.45) is 2.52. The molecular weight excluding hydrogens is 252 g/mol. The van der Waals surface area contributed by atoms with Gasteiger partial charge in [0.2, 0.25) is 0 Å². The Labute approximate surface area is 111 Å². The molecule has 1 N–H and O–H groups in total. The molecule has 0 spiro atoms. The van der Waals surface area contributed by atoms with Crippen LogP contribution in [0.1, 0.15) is 32.1 Å². The van der Waals surface area contributed by atoms with E-state index in [4.69, 9.17) is 0 Å². The molecule has 1 aliphatic heterocycles. The molecule has 3 atom stereocenters. The van der Waals surface area contributed by atoms with Crippen LogP contribution in [-0.4, -0.2) is 36.9 Å². The molecule has 3 nitrogen and oxygen atoms in total. The first kappa shape index (κ1) is 13.3. The normalized spacial score (nSPS) is 27.0. The number of aryl methyl sites for hydroxylation is 1. The van der Waals surface area contributed by atoms with Gasteiger partial charge in [0.05, 0.1) is 5.69 Å². The Balaban J connectivity index is 2.15. The molecule has 0 saturated carbocycles. The van der Waals surface area contributed by atoms with Crippen LogP contribution in [0.2, 0.25) is 0 Å². The van der Waals surface area contributed by atoms with Crippen LogP contribution in [0.3, 0.4) is 0 Å². The van der Waals surface area contributed by atoms with Gasteiger partial charge in [0.1, 0.15) is 6.10 Å². The number of rotatable bonds is 4. The Bertz CT molecular complexity index is 356. The smallest absolute Gasteiger partial charge is 0.108 e. The Morgan fingerprint density at radius 1 is 1.47 bits per heavy atom. The van der Waals surface area contributed by atoms with Crippen LogP contribution >= 0.6 is 23.5 Å². The van der Waals surface area contributed by atoms with Crippen molar-refractivity contribution >= 4 is 23.5 Å². The molecule has 96 valence electrons. The monoisotopic (exact) mass is 272 g/mol. The number of hydrogen-bond donors (Lipinski definition) is 1. The maximum absolute atomic E-state index is 10.6. The minimum absolute atomic E-state index is 0.306. The van der Waals surface area contributed by atoms with Gasteiger partial charge in [-0.1, -0.05) is 6.92 Å². The van der Waals surface area contributed by atoms with Crippen LogP contribution < -0.4 is 0 Å². The molecule has 0 radical (unpaired) electrons. The lowest BCUT2D eigenvalue weighted by molar-refractivity contribution is 0.161. The average Bonchev–Trinajstić information content (AvgIpc) is 2.86. The summed E-state index contributed by atoms with van der Waals surface area (Å²) in [7, 11) is 0. The van der Waals surface area contributed by atoms with Gasteiger partial charge in [-0.2, -0.15) is 28.6 Å². The van der Waals surface area contributed by atoms with Gasteiger partial charge in [-0.25, -0.2) is 0 Å². The van der Waals surface area contributed by atoms with Crippen molar-refractivity contribution in [2.24, 2.45) is 0 Å². The Morgan fingerprint density at radius 3 is 2.94 bits per heavy atom. The molecule has 2 rings (SSSR count). The first-order valence-electron chi connectivity index (χ1n) is 6.20. The van der Waals surface area contributed by atoms with Crippen LogP contribution in [0.4, 0.5) is 0 Å². The molecule has 1 aromatic rings. The minimum atomic E-state index is -0.389. The van der Waals surface area contributed by atoms with Crippen molar-refractivity contribution in [1.82, 2.24) is 9.78 Å². The topological polar surface area (TPSA) is 38.1 Å². The summed E-state index contributed by atoms with van der Waals surface area (Å²) in [5.74, 6) is 2.35. The quantitative estimate of drug-likeness (QED) is 0.914. The maximum atomic E-state index is 10.6. The van der Waals surface area contributed by atoms with E-state index in [2.05, 4.69) is 18.9 Å². The lowest BCUT2D eigenvalue weighted by atomic mass is 10.1. The van der Waals surface area contributed by atoms with Gasteiger partial charge in [0.15, 0.2) is 0 Å². The predicted octanol–water partition coefficient (Wildman–Crippen LogP) is 2.56. The van der Waals surface area contributed by atoms with Gasteiger partial charge >= 0.3 is 0 Å². The number of aliphatic hydroxyl groups is 1. The predicted molar refractivity (Wildman–Crippen MR) is 75.6 cm³/mol. The third-order valence-corrected chi connectivity index (χ3v) is 6.49. The lowest BCUT2D eigenvalue weighted by Gasteiger charge is -2.33. The number of aromatic nitrogens is 2. The van der Waals surface area contributed by atoms with E-state index in [9.17, 15) is 5.11 Å². The van der Waals surface area contributed by atoms with E-state index in [-0.39, 0.29) is 6.10 Å². The van der Waals surface area contributed by atoms with E-state index < -0.39 is 0 Å². The third-order valence-electron chi connectivity index (χ3n) is 3.16. The zero-order valence-corrected chi connectivity index (χ0v) is 12.0. The third kappa shape index (κ3) is 2.83. The first-order valence-corrected chi connectivity index (χ1v) is 8.30. The van der Waals surface area contributed by atoms with Crippen molar-refractivity contribution in [1.29, 1.82) is 0 Å². The molecule has 2 heterocycles. The highest BCUT2D eigenvalue weighted by molar-refractivity contribution is 8.07. The highest BCUT2D eigenvalue weighted by Gasteiger charge is 2.33. The molecule has 0 aliphatic carbocycles. The van der Waals surface area contributed by atoms with Gasteiger partial charge in [-0.15, -0.1) is 0 Å². The zero-order chi connectivity index (χ0) is 12.3. The molecule has 0 aromatic carbocycles. The van der Waals surface area contributed by atoms with E-state index in [0.717, 1.165) is 24.4 Å². The molecule has 1 fully saturated rings. The highest BCUT2D eigenvalue weighted by Crippen LogP contribution is 2.40. The van der Waals surface area contributed by atoms with Gasteiger partial charge in [0, 0.05) is 34.7 Å². The molecule has 17 heavy (non-hydrogen) atoms. The number of thioether (sulfide) groups is 2. The van der Waals surface area contributed by atoms with E-state index in [1.54, 1.807) is 6.20 Å². The molecule has 0 amide bonds. The molecule has 5 heteroatoms. The first-order chi connectivity index (χ1) is 8.27. The summed E-state index contributed by atoms with van der Waals surface area (Å²) in [6.45, 7) is 5.09. The standard InChI is InChI=1S/C12H20N2OS2/c1-3-10-12(17-8-7-16-10)11(15)9-5-6-13-14(9)4-2/h5-6,10-12,15H,3-4,7-8H2,1-2H3. The zero-order valence-electron chi connectivity index (χ0n) is 10.4. The van der Waals surface area contributed by atoms with Crippen molar-refractivity contribution in [2.75, 3.05) is 11.5 Å². The van der Waals surface area contributed by atoms with Gasteiger partial charge in [-0.05, 0) is 19.4 Å². The summed E-state index contributed by atoms with van der Waals surface area (Å²) in [4.78, 5) is 0. The number of hydrogen-bond acceptors (Lipinski definition) is 4. The lowest BCUT2D eigenvalue weighted by Crippen LogP contribution is -2.32. The van der Waals surface area contributed by atoms with Crippen molar-refractivity contribution in [2.45, 2.75) is 43.4 Å². The van der Waals surface area contributed by atoms with E-state index in [1.165, 1.54) is 5.75 Å². The fraction of sp³-hybridized carbons (Fsp3) is 0.750. The average molecular weight is 272 g/mol. The Hall–Kier alpha value is -0.130. The van der Waals surface area contributed by atoms with Gasteiger partial charge in [-0.3, -0.25) is 4.68 Å². The molecular formula is C12H20N2OS2. The largest absolute Gasteiger partial charge is 0.386 e. The fourth-order valence-electron chi connectivity index (χ4n) is 2.26. The van der Waals surface area contributed by atoms with Crippen molar-refractivity contribution in [3.05, 3.63) is 18.0 Å². The van der Waals surface area contributed by atoms with E-state index in [1.807, 2.05) is 34.3 Å². The Morgan fingerprint density at radius 2 is 2.24 bits per heavy atom. The van der Waals surface area contributed by atoms with Crippen molar-refractivity contribution in [3.63, 3.8) is 0 Å². The highest BCUT2D eigenvalue weighted by atomic mass is 32.2. The SMILES string of the molecule is CCC1SCCSC1C(O)c1ccnn1CC. The van der Waals surface area contributed by atoms with Crippen molar-refractivity contribution in [3.8, 4) is 0 Å². The molecule has 3 unspecified atom stereocenters. The van der Waals surface area contributed by atoms with Crippen LogP contribution in [0.25, 0.3) is 0 Å².